The Labute approximate surface area is 200 Å². The summed E-state index contributed by atoms with van der Waals surface area (Å²) < 4.78 is 10.1. The van der Waals surface area contributed by atoms with Gasteiger partial charge in [-0.15, -0.1) is 0 Å². The first kappa shape index (κ1) is 23.2. The van der Waals surface area contributed by atoms with E-state index in [1.807, 2.05) is 0 Å². The summed E-state index contributed by atoms with van der Waals surface area (Å²) in [6.07, 6.45) is 1.64. The molecule has 0 aliphatic carbocycles. The van der Waals surface area contributed by atoms with Crippen molar-refractivity contribution in [2.45, 2.75) is 19.4 Å². The van der Waals surface area contributed by atoms with Crippen LogP contribution in [0.1, 0.15) is 29.1 Å². The quantitative estimate of drug-likeness (QED) is 0.502. The molecule has 8 nitrogen and oxygen atoms in total. The lowest BCUT2D eigenvalue weighted by molar-refractivity contribution is -0.121. The number of nitrogens with one attached hydrogen (secondary N) is 1. The molecule has 4 rings (SSSR count). The first-order valence-corrected chi connectivity index (χ1v) is 11.2. The SMILES string of the molecule is COC(=O)c1cccc(NC(=O)C2CCCN(Cc3nc(-c4ccc(Cl)cc4Cl)no3)C2)c1. The number of ether oxygens (including phenoxy) is 1. The largest absolute Gasteiger partial charge is 0.465 e. The highest BCUT2D eigenvalue weighted by Crippen LogP contribution is 2.29. The second kappa shape index (κ2) is 10.3. The molecule has 10 heteroatoms. The molecule has 1 unspecified atom stereocenters. The Kier molecular flexibility index (Phi) is 7.27. The minimum absolute atomic E-state index is 0.0964. The summed E-state index contributed by atoms with van der Waals surface area (Å²) in [5.74, 6) is 0.0922. The molecule has 172 valence electrons. The Hall–Kier alpha value is -2.94. The van der Waals surface area contributed by atoms with Crippen LogP contribution in [-0.4, -0.2) is 47.1 Å². The van der Waals surface area contributed by atoms with E-state index in [1.54, 1.807) is 42.5 Å². The van der Waals surface area contributed by atoms with Gasteiger partial charge in [-0.1, -0.05) is 34.4 Å². The normalized spacial score (nSPS) is 16.4. The van der Waals surface area contributed by atoms with Crippen molar-refractivity contribution in [2.75, 3.05) is 25.5 Å². The summed E-state index contributed by atoms with van der Waals surface area (Å²) in [4.78, 5) is 31.1. The summed E-state index contributed by atoms with van der Waals surface area (Å²) in [7, 11) is 1.32. The van der Waals surface area contributed by atoms with Crippen molar-refractivity contribution in [1.29, 1.82) is 0 Å². The summed E-state index contributed by atoms with van der Waals surface area (Å²) in [6.45, 7) is 1.81. The van der Waals surface area contributed by atoms with E-state index < -0.39 is 5.97 Å². The molecule has 1 saturated heterocycles. The molecule has 3 aromatic rings. The Morgan fingerprint density at radius 1 is 1.24 bits per heavy atom. The van der Waals surface area contributed by atoms with Gasteiger partial charge in [0.15, 0.2) is 0 Å². The van der Waals surface area contributed by atoms with Gasteiger partial charge in [0, 0.05) is 22.8 Å². The first-order chi connectivity index (χ1) is 15.9. The molecule has 1 aliphatic rings. The summed E-state index contributed by atoms with van der Waals surface area (Å²) in [5.41, 5.74) is 1.58. The number of aromatic nitrogens is 2. The van der Waals surface area contributed by atoms with Crippen molar-refractivity contribution in [3.05, 3.63) is 64.0 Å². The van der Waals surface area contributed by atoms with E-state index in [4.69, 9.17) is 32.5 Å². The van der Waals surface area contributed by atoms with Crippen LogP contribution >= 0.6 is 23.2 Å². The molecule has 0 radical (unpaired) electrons. The van der Waals surface area contributed by atoms with Crippen LogP contribution in [0.5, 0.6) is 0 Å². The Balaban J connectivity index is 1.37. The van der Waals surface area contributed by atoms with Gasteiger partial charge >= 0.3 is 5.97 Å². The van der Waals surface area contributed by atoms with E-state index in [9.17, 15) is 9.59 Å². The summed E-state index contributed by atoms with van der Waals surface area (Å²) in [6, 6.07) is 11.8. The molecule has 1 fully saturated rings. The maximum atomic E-state index is 12.8. The third-order valence-electron chi connectivity index (χ3n) is 5.43. The Bertz CT molecular complexity index is 1170. The summed E-state index contributed by atoms with van der Waals surface area (Å²) >= 11 is 12.2. The number of nitrogens with zero attached hydrogens (tertiary/aromatic N) is 3. The third kappa shape index (κ3) is 5.71. The molecular weight excluding hydrogens is 467 g/mol. The predicted molar refractivity (Wildman–Crippen MR) is 124 cm³/mol. The number of halogens is 2. The molecule has 0 bridgehead atoms. The van der Waals surface area contributed by atoms with Gasteiger partial charge in [-0.25, -0.2) is 4.79 Å². The van der Waals surface area contributed by atoms with Gasteiger partial charge in [-0.2, -0.15) is 4.98 Å². The van der Waals surface area contributed by atoms with Gasteiger partial charge in [0.1, 0.15) is 0 Å². The zero-order chi connectivity index (χ0) is 23.4. The fourth-order valence-corrected chi connectivity index (χ4v) is 4.28. The van der Waals surface area contributed by atoms with Crippen LogP contribution in [0.25, 0.3) is 11.4 Å². The van der Waals surface area contributed by atoms with Crippen molar-refractivity contribution >= 4 is 40.8 Å². The summed E-state index contributed by atoms with van der Waals surface area (Å²) in [5, 5.41) is 7.90. The zero-order valence-electron chi connectivity index (χ0n) is 17.9. The molecule has 1 atom stereocenters. The maximum Gasteiger partial charge on any atom is 0.337 e. The number of carbonyl (C=O) groups is 2. The number of rotatable bonds is 6. The predicted octanol–water partition coefficient (Wildman–Crippen LogP) is 4.68. The van der Waals surface area contributed by atoms with E-state index in [0.29, 0.717) is 51.7 Å². The molecule has 1 aliphatic heterocycles. The van der Waals surface area contributed by atoms with E-state index in [2.05, 4.69) is 20.4 Å². The maximum absolute atomic E-state index is 12.8. The number of anilines is 1. The molecule has 1 amide bonds. The highest BCUT2D eigenvalue weighted by Gasteiger charge is 2.27. The van der Waals surface area contributed by atoms with E-state index in [-0.39, 0.29) is 11.8 Å². The second-order valence-electron chi connectivity index (χ2n) is 7.77. The van der Waals surface area contributed by atoms with Crippen molar-refractivity contribution in [3.63, 3.8) is 0 Å². The molecule has 1 aromatic heterocycles. The molecule has 1 N–H and O–H groups in total. The van der Waals surface area contributed by atoms with Crippen LogP contribution in [0, 0.1) is 5.92 Å². The lowest BCUT2D eigenvalue weighted by Crippen LogP contribution is -2.40. The van der Waals surface area contributed by atoms with Crippen molar-refractivity contribution < 1.29 is 18.8 Å². The van der Waals surface area contributed by atoms with Gasteiger partial charge in [-0.05, 0) is 55.8 Å². The molecule has 2 aromatic carbocycles. The second-order valence-corrected chi connectivity index (χ2v) is 8.62. The van der Waals surface area contributed by atoms with Crippen LogP contribution in [0.2, 0.25) is 10.0 Å². The number of methoxy groups -OCH3 is 1. The molecule has 0 spiro atoms. The van der Waals surface area contributed by atoms with Gasteiger partial charge in [-0.3, -0.25) is 9.69 Å². The van der Waals surface area contributed by atoms with Crippen molar-refractivity contribution in [1.82, 2.24) is 15.0 Å². The number of esters is 1. The number of piperidine rings is 1. The highest BCUT2D eigenvalue weighted by molar-refractivity contribution is 6.36. The Morgan fingerprint density at radius 3 is 2.88 bits per heavy atom. The number of carbonyl (C=O) groups excluding carboxylic acids is 2. The highest BCUT2D eigenvalue weighted by atomic mass is 35.5. The van der Waals surface area contributed by atoms with Crippen LogP contribution in [-0.2, 0) is 16.1 Å². The number of likely N-dealkylation sites (tertiary alicyclic amines) is 1. The van der Waals surface area contributed by atoms with Crippen LogP contribution < -0.4 is 5.32 Å². The standard InChI is InChI=1S/C23H22Cl2N4O4/c1-32-23(31)14-4-2-6-17(10-14)26-22(30)15-5-3-9-29(12-15)13-20-27-21(28-33-20)18-8-7-16(24)11-19(18)25/h2,4,6-8,10-11,15H,3,5,9,12-13H2,1H3,(H,26,30). The van der Waals surface area contributed by atoms with Crippen molar-refractivity contribution in [3.8, 4) is 11.4 Å². The third-order valence-corrected chi connectivity index (χ3v) is 5.97. The average molecular weight is 489 g/mol. The number of amides is 1. The molecule has 2 heterocycles. The number of benzene rings is 2. The first-order valence-electron chi connectivity index (χ1n) is 10.4. The van der Waals surface area contributed by atoms with Gasteiger partial charge in [0.25, 0.3) is 0 Å². The molecule has 0 saturated carbocycles. The van der Waals surface area contributed by atoms with Gasteiger partial charge in [0.2, 0.25) is 17.6 Å². The fourth-order valence-electron chi connectivity index (χ4n) is 3.79. The molecular formula is C23H22Cl2N4O4. The Morgan fingerprint density at radius 2 is 2.09 bits per heavy atom. The number of hydrogen-bond donors (Lipinski definition) is 1. The smallest absolute Gasteiger partial charge is 0.337 e. The minimum atomic E-state index is -0.450. The van der Waals surface area contributed by atoms with Gasteiger partial charge in [0.05, 0.1) is 30.2 Å². The van der Waals surface area contributed by atoms with E-state index >= 15 is 0 Å². The zero-order valence-corrected chi connectivity index (χ0v) is 19.4. The fraction of sp³-hybridized carbons (Fsp3) is 0.304. The van der Waals surface area contributed by atoms with Crippen LogP contribution in [0.3, 0.4) is 0 Å². The van der Waals surface area contributed by atoms with E-state index in [1.165, 1.54) is 7.11 Å². The number of hydrogen-bond acceptors (Lipinski definition) is 7. The minimum Gasteiger partial charge on any atom is -0.465 e. The van der Waals surface area contributed by atoms with E-state index in [0.717, 1.165) is 19.4 Å². The molecule has 33 heavy (non-hydrogen) atoms. The lowest BCUT2D eigenvalue weighted by atomic mass is 9.97. The monoisotopic (exact) mass is 488 g/mol. The average Bonchev–Trinajstić information content (AvgIpc) is 3.27. The van der Waals surface area contributed by atoms with Gasteiger partial charge < -0.3 is 14.6 Å². The topological polar surface area (TPSA) is 97.6 Å². The van der Waals surface area contributed by atoms with Crippen LogP contribution in [0.4, 0.5) is 5.69 Å². The van der Waals surface area contributed by atoms with Crippen LogP contribution in [0.15, 0.2) is 47.0 Å². The van der Waals surface area contributed by atoms with Crippen molar-refractivity contribution in [2.24, 2.45) is 5.92 Å². The lowest BCUT2D eigenvalue weighted by Gasteiger charge is -2.30.